The van der Waals surface area contributed by atoms with E-state index in [4.69, 9.17) is 11.6 Å². The predicted octanol–water partition coefficient (Wildman–Crippen LogP) is -0.734. The van der Waals surface area contributed by atoms with Gasteiger partial charge >= 0.3 is 0 Å². The van der Waals surface area contributed by atoms with E-state index in [1.807, 2.05) is 11.8 Å². The predicted molar refractivity (Wildman–Crippen MR) is 66.3 cm³/mol. The van der Waals surface area contributed by atoms with Crippen molar-refractivity contribution >= 4 is 27.5 Å². The quantitative estimate of drug-likeness (QED) is 0.675. The van der Waals surface area contributed by atoms with Crippen LogP contribution >= 0.6 is 11.6 Å². The molecule has 8 heteroatoms. The Balaban J connectivity index is 2.38. The number of likely N-dealkylation sites (N-methyl/N-ethyl adjacent to an activating group) is 1. The summed E-state index contributed by atoms with van der Waals surface area (Å²) in [5, 5.41) is 2.33. The Hall–Kier alpha value is -0.370. The summed E-state index contributed by atoms with van der Waals surface area (Å²) in [6, 6.07) is 0. The fourth-order valence-corrected chi connectivity index (χ4v) is 2.96. The van der Waals surface area contributed by atoms with E-state index in [2.05, 4.69) is 5.32 Å². The molecule has 1 N–H and O–H groups in total. The molecule has 0 aromatic heterocycles. The van der Waals surface area contributed by atoms with Crippen LogP contribution in [0.5, 0.6) is 0 Å². The highest BCUT2D eigenvalue weighted by Crippen LogP contribution is 2.08. The van der Waals surface area contributed by atoms with Crippen LogP contribution in [-0.4, -0.2) is 68.0 Å². The Morgan fingerprint density at radius 1 is 1.29 bits per heavy atom. The lowest BCUT2D eigenvalue weighted by atomic mass is 10.3. The molecule has 0 spiro atoms. The second-order valence-electron chi connectivity index (χ2n) is 3.85. The first-order valence-electron chi connectivity index (χ1n) is 5.52. The number of nitrogens with zero attached hydrogens (tertiary/aromatic N) is 2. The largest absolute Gasteiger partial charge is 0.355 e. The Morgan fingerprint density at radius 3 is 2.35 bits per heavy atom. The van der Waals surface area contributed by atoms with Gasteiger partial charge in [-0.05, 0) is 6.92 Å². The third-order valence-electron chi connectivity index (χ3n) is 2.60. The zero-order valence-corrected chi connectivity index (χ0v) is 11.4. The molecule has 0 atom stereocenters. The molecule has 0 saturated carbocycles. The molecule has 0 bridgehead atoms. The van der Waals surface area contributed by atoms with Gasteiger partial charge in [0.25, 0.3) is 0 Å². The molecule has 1 aliphatic rings. The first-order valence-corrected chi connectivity index (χ1v) is 7.67. The lowest BCUT2D eigenvalue weighted by molar-refractivity contribution is -0.122. The van der Waals surface area contributed by atoms with Crippen LogP contribution in [0.2, 0.25) is 0 Å². The molecule has 17 heavy (non-hydrogen) atoms. The van der Waals surface area contributed by atoms with Gasteiger partial charge < -0.3 is 5.32 Å². The van der Waals surface area contributed by atoms with Crippen LogP contribution in [-0.2, 0) is 14.8 Å². The van der Waals surface area contributed by atoms with Crippen LogP contribution in [0.4, 0.5) is 0 Å². The van der Waals surface area contributed by atoms with Gasteiger partial charge in [-0.25, -0.2) is 8.42 Å². The van der Waals surface area contributed by atoms with E-state index >= 15 is 0 Å². The molecule has 100 valence electrons. The van der Waals surface area contributed by atoms with E-state index in [0.29, 0.717) is 39.3 Å². The van der Waals surface area contributed by atoms with Crippen molar-refractivity contribution in [2.75, 3.05) is 44.5 Å². The van der Waals surface area contributed by atoms with Gasteiger partial charge in [0.2, 0.25) is 15.9 Å². The first kappa shape index (κ1) is 14.7. The molecule has 6 nitrogen and oxygen atoms in total. The van der Waals surface area contributed by atoms with E-state index in [0.717, 1.165) is 0 Å². The summed E-state index contributed by atoms with van der Waals surface area (Å²) < 4.78 is 24.3. The van der Waals surface area contributed by atoms with Crippen molar-refractivity contribution in [3.63, 3.8) is 0 Å². The average molecular weight is 284 g/mol. The third-order valence-corrected chi connectivity index (χ3v) is 4.86. The lowest BCUT2D eigenvalue weighted by Gasteiger charge is -2.33. The standard InChI is InChI=1S/C9H18ClN3O3S/c1-2-11-9(14)7-12-3-5-13(6-4-12)17(15,16)8-10/h2-8H2,1H3,(H,11,14). The molecule has 1 aliphatic heterocycles. The smallest absolute Gasteiger partial charge is 0.234 e. The van der Waals surface area contributed by atoms with Crippen LogP contribution in [0.15, 0.2) is 0 Å². The highest BCUT2D eigenvalue weighted by Gasteiger charge is 2.26. The number of rotatable bonds is 5. The summed E-state index contributed by atoms with van der Waals surface area (Å²) in [4.78, 5) is 13.3. The van der Waals surface area contributed by atoms with Gasteiger partial charge in [0, 0.05) is 32.7 Å². The van der Waals surface area contributed by atoms with Crippen molar-refractivity contribution in [3.8, 4) is 0 Å². The third kappa shape index (κ3) is 4.42. The van der Waals surface area contributed by atoms with Crippen LogP contribution < -0.4 is 5.32 Å². The maximum absolute atomic E-state index is 11.5. The van der Waals surface area contributed by atoms with Crippen LogP contribution in [0, 0.1) is 0 Å². The average Bonchev–Trinajstić information content (AvgIpc) is 2.30. The molecule has 0 aromatic rings. The Morgan fingerprint density at radius 2 is 1.88 bits per heavy atom. The minimum atomic E-state index is -3.31. The number of amides is 1. The normalized spacial score (nSPS) is 19.2. The number of nitrogens with one attached hydrogen (secondary N) is 1. The molecule has 1 amide bonds. The second kappa shape index (κ2) is 6.53. The molecule has 1 fully saturated rings. The van der Waals surface area contributed by atoms with Gasteiger partial charge in [0.05, 0.1) is 6.54 Å². The van der Waals surface area contributed by atoms with Crippen molar-refractivity contribution in [2.24, 2.45) is 0 Å². The molecular formula is C9H18ClN3O3S. The highest BCUT2D eigenvalue weighted by atomic mass is 35.5. The topological polar surface area (TPSA) is 69.7 Å². The molecule has 1 rings (SSSR count). The Kier molecular flexibility index (Phi) is 5.64. The zero-order chi connectivity index (χ0) is 12.9. The fourth-order valence-electron chi connectivity index (χ4n) is 1.69. The summed E-state index contributed by atoms with van der Waals surface area (Å²) in [6.45, 7) is 4.72. The molecular weight excluding hydrogens is 266 g/mol. The van der Waals surface area contributed by atoms with Gasteiger partial charge in [0.1, 0.15) is 5.21 Å². The summed E-state index contributed by atoms with van der Waals surface area (Å²) >= 11 is 5.38. The van der Waals surface area contributed by atoms with Crippen LogP contribution in [0.25, 0.3) is 0 Å². The number of sulfonamides is 1. The second-order valence-corrected chi connectivity index (χ2v) is 6.40. The number of carbonyl (C=O) groups is 1. The Labute approximate surface area is 107 Å². The summed E-state index contributed by atoms with van der Waals surface area (Å²) in [7, 11) is -3.31. The minimum Gasteiger partial charge on any atom is -0.355 e. The van der Waals surface area contributed by atoms with Crippen molar-refractivity contribution < 1.29 is 13.2 Å². The van der Waals surface area contributed by atoms with Crippen molar-refractivity contribution in [2.45, 2.75) is 6.92 Å². The molecule has 0 aromatic carbocycles. The number of alkyl halides is 1. The SMILES string of the molecule is CCNC(=O)CN1CCN(S(=O)(=O)CCl)CC1. The van der Waals surface area contributed by atoms with Crippen molar-refractivity contribution in [3.05, 3.63) is 0 Å². The van der Waals surface area contributed by atoms with E-state index < -0.39 is 10.0 Å². The maximum Gasteiger partial charge on any atom is 0.234 e. The Bertz CT molecular complexity index is 352. The van der Waals surface area contributed by atoms with E-state index in [9.17, 15) is 13.2 Å². The van der Waals surface area contributed by atoms with E-state index in [1.54, 1.807) is 0 Å². The van der Waals surface area contributed by atoms with Gasteiger partial charge in [0.15, 0.2) is 0 Å². The van der Waals surface area contributed by atoms with Gasteiger partial charge in [-0.3, -0.25) is 9.69 Å². The van der Waals surface area contributed by atoms with E-state index in [-0.39, 0.29) is 11.1 Å². The lowest BCUT2D eigenvalue weighted by Crippen LogP contribution is -2.51. The number of carbonyl (C=O) groups excluding carboxylic acids is 1. The first-order chi connectivity index (χ1) is 7.99. The number of halogens is 1. The number of hydrogen-bond acceptors (Lipinski definition) is 4. The molecule has 0 radical (unpaired) electrons. The maximum atomic E-state index is 11.5. The van der Waals surface area contributed by atoms with Gasteiger partial charge in [-0.15, -0.1) is 11.6 Å². The molecule has 1 heterocycles. The van der Waals surface area contributed by atoms with Gasteiger partial charge in [-0.1, -0.05) is 0 Å². The van der Waals surface area contributed by atoms with Crippen molar-refractivity contribution in [1.82, 2.24) is 14.5 Å². The minimum absolute atomic E-state index is 0.0267. The molecule has 1 saturated heterocycles. The fraction of sp³-hybridized carbons (Fsp3) is 0.889. The molecule has 0 aliphatic carbocycles. The highest BCUT2D eigenvalue weighted by molar-refractivity contribution is 7.90. The van der Waals surface area contributed by atoms with Gasteiger partial charge in [-0.2, -0.15) is 4.31 Å². The number of piperazine rings is 1. The zero-order valence-electron chi connectivity index (χ0n) is 9.86. The number of hydrogen-bond donors (Lipinski definition) is 1. The summed E-state index contributed by atoms with van der Waals surface area (Å²) in [5.74, 6) is -0.0267. The molecule has 0 unspecified atom stereocenters. The summed E-state index contributed by atoms with van der Waals surface area (Å²) in [6.07, 6.45) is 0. The van der Waals surface area contributed by atoms with Crippen molar-refractivity contribution in [1.29, 1.82) is 0 Å². The van der Waals surface area contributed by atoms with Crippen LogP contribution in [0.1, 0.15) is 6.92 Å². The summed E-state index contributed by atoms with van der Waals surface area (Å²) in [5.41, 5.74) is 0. The monoisotopic (exact) mass is 283 g/mol. The van der Waals surface area contributed by atoms with E-state index in [1.165, 1.54) is 4.31 Å². The van der Waals surface area contributed by atoms with Crippen LogP contribution in [0.3, 0.4) is 0 Å².